The van der Waals surface area contributed by atoms with Crippen LogP contribution in [0.25, 0.3) is 0 Å². The number of terminal acetylenes is 1. The van der Waals surface area contributed by atoms with Crippen molar-refractivity contribution in [2.45, 2.75) is 19.9 Å². The van der Waals surface area contributed by atoms with E-state index in [1.807, 2.05) is 18.2 Å². The number of nitrogens with zero attached hydrogens (tertiary/aromatic N) is 1. The molecule has 6 heteroatoms. The smallest absolute Gasteiger partial charge is 0.191 e. The summed E-state index contributed by atoms with van der Waals surface area (Å²) in [5.74, 6) is 4.11. The molecule has 0 fully saturated rings. The fraction of sp³-hybridized carbons (Fsp3) is 0.316. The molecule has 0 radical (unpaired) electrons. The van der Waals surface area contributed by atoms with E-state index in [0.29, 0.717) is 13.2 Å². The van der Waals surface area contributed by atoms with Gasteiger partial charge in [-0.1, -0.05) is 24.1 Å². The van der Waals surface area contributed by atoms with Crippen molar-refractivity contribution in [1.29, 1.82) is 0 Å². The van der Waals surface area contributed by atoms with Crippen LogP contribution in [0.2, 0.25) is 0 Å². The Morgan fingerprint density at radius 3 is 2.68 bits per heavy atom. The van der Waals surface area contributed by atoms with E-state index in [-0.39, 0.29) is 24.0 Å². The minimum absolute atomic E-state index is 0. The number of thiophene rings is 1. The van der Waals surface area contributed by atoms with Crippen molar-refractivity contribution in [1.82, 2.24) is 10.6 Å². The third-order valence-corrected chi connectivity index (χ3v) is 4.13. The van der Waals surface area contributed by atoms with Crippen LogP contribution in [0, 0.1) is 12.3 Å². The van der Waals surface area contributed by atoms with E-state index < -0.39 is 0 Å². The maximum absolute atomic E-state index is 5.37. The molecule has 0 atom stereocenters. The van der Waals surface area contributed by atoms with E-state index in [9.17, 15) is 0 Å². The Morgan fingerprint density at radius 1 is 1.24 bits per heavy atom. The van der Waals surface area contributed by atoms with Crippen molar-refractivity contribution >= 4 is 41.3 Å². The summed E-state index contributed by atoms with van der Waals surface area (Å²) < 4.78 is 5.37. The predicted octanol–water partition coefficient (Wildman–Crippen LogP) is 3.68. The summed E-state index contributed by atoms with van der Waals surface area (Å²) in [5, 5.41) is 8.71. The van der Waals surface area contributed by atoms with Gasteiger partial charge in [-0.2, -0.15) is 0 Å². The lowest BCUT2D eigenvalue weighted by Crippen LogP contribution is -2.38. The molecule has 0 unspecified atom stereocenters. The molecule has 0 spiro atoms. The average Bonchev–Trinajstić information content (AvgIpc) is 3.12. The van der Waals surface area contributed by atoms with Gasteiger partial charge < -0.3 is 15.4 Å². The standard InChI is InChI=1S/C19H23N3OS.HI/c1-3-13-23-17-9-7-16(8-10-17)11-12-21-19(20-4-2)22-15-18-6-5-14-24-18;/h1,5-10,14H,4,11-13,15H2,2H3,(H2,20,21,22);1H. The second-order valence-electron chi connectivity index (χ2n) is 5.09. The zero-order valence-corrected chi connectivity index (χ0v) is 17.5. The Labute approximate surface area is 171 Å². The molecule has 0 aliphatic rings. The first-order valence-corrected chi connectivity index (χ1v) is 8.89. The van der Waals surface area contributed by atoms with Crippen LogP contribution in [0.15, 0.2) is 46.8 Å². The van der Waals surface area contributed by atoms with Crippen LogP contribution in [0.1, 0.15) is 17.4 Å². The number of ether oxygens (including phenoxy) is 1. The number of hydrogen-bond donors (Lipinski definition) is 2. The highest BCUT2D eigenvalue weighted by Gasteiger charge is 2.00. The largest absolute Gasteiger partial charge is 0.481 e. The molecule has 134 valence electrons. The molecule has 25 heavy (non-hydrogen) atoms. The Bertz CT molecular complexity index is 663. The van der Waals surface area contributed by atoms with E-state index in [1.54, 1.807) is 11.3 Å². The second-order valence-corrected chi connectivity index (χ2v) is 6.12. The minimum Gasteiger partial charge on any atom is -0.481 e. The van der Waals surface area contributed by atoms with E-state index in [2.05, 4.69) is 52.0 Å². The summed E-state index contributed by atoms with van der Waals surface area (Å²) >= 11 is 1.72. The van der Waals surface area contributed by atoms with Gasteiger partial charge in [0.05, 0.1) is 6.54 Å². The van der Waals surface area contributed by atoms with Crippen LogP contribution in [0.3, 0.4) is 0 Å². The van der Waals surface area contributed by atoms with Gasteiger partial charge in [-0.25, -0.2) is 4.99 Å². The Hall–Kier alpha value is -1.72. The number of rotatable bonds is 8. The topological polar surface area (TPSA) is 45.6 Å². The van der Waals surface area contributed by atoms with Crippen LogP contribution in [0.5, 0.6) is 5.75 Å². The summed E-state index contributed by atoms with van der Waals surface area (Å²) in [5.41, 5.74) is 1.24. The molecule has 2 N–H and O–H groups in total. The number of nitrogens with one attached hydrogen (secondary N) is 2. The minimum atomic E-state index is 0. The van der Waals surface area contributed by atoms with Crippen LogP contribution in [-0.4, -0.2) is 25.7 Å². The molecular formula is C19H24IN3OS. The Kier molecular flexibility index (Phi) is 10.8. The molecule has 1 heterocycles. The predicted molar refractivity (Wildman–Crippen MR) is 117 cm³/mol. The van der Waals surface area contributed by atoms with Crippen molar-refractivity contribution in [3.05, 3.63) is 52.2 Å². The number of benzene rings is 1. The molecule has 0 bridgehead atoms. The molecule has 0 amide bonds. The zero-order chi connectivity index (χ0) is 17.0. The number of aliphatic imine (C=N–C) groups is 1. The lowest BCUT2D eigenvalue weighted by Gasteiger charge is -2.11. The molecule has 2 aromatic rings. The van der Waals surface area contributed by atoms with Gasteiger partial charge in [-0.05, 0) is 42.5 Å². The highest BCUT2D eigenvalue weighted by Crippen LogP contribution is 2.12. The SMILES string of the molecule is C#CCOc1ccc(CCNC(=NCc2cccs2)NCC)cc1.I. The summed E-state index contributed by atoms with van der Waals surface area (Å²) in [7, 11) is 0. The van der Waals surface area contributed by atoms with Crippen LogP contribution < -0.4 is 15.4 Å². The third-order valence-electron chi connectivity index (χ3n) is 3.27. The molecule has 4 nitrogen and oxygen atoms in total. The van der Waals surface area contributed by atoms with E-state index in [4.69, 9.17) is 11.2 Å². The first-order valence-electron chi connectivity index (χ1n) is 8.01. The maximum atomic E-state index is 5.37. The van der Waals surface area contributed by atoms with E-state index in [0.717, 1.165) is 31.2 Å². The van der Waals surface area contributed by atoms with Crippen molar-refractivity contribution in [3.63, 3.8) is 0 Å². The van der Waals surface area contributed by atoms with Crippen molar-refractivity contribution in [2.24, 2.45) is 4.99 Å². The third kappa shape index (κ3) is 8.27. The molecule has 0 aliphatic carbocycles. The maximum Gasteiger partial charge on any atom is 0.191 e. The number of halogens is 1. The van der Waals surface area contributed by atoms with Gasteiger partial charge in [0.15, 0.2) is 5.96 Å². The lowest BCUT2D eigenvalue weighted by molar-refractivity contribution is 0.370. The highest BCUT2D eigenvalue weighted by molar-refractivity contribution is 14.0. The van der Waals surface area contributed by atoms with Gasteiger partial charge in [-0.3, -0.25) is 0 Å². The molecule has 1 aromatic heterocycles. The van der Waals surface area contributed by atoms with Gasteiger partial charge in [0.2, 0.25) is 0 Å². The molecule has 0 aliphatic heterocycles. The summed E-state index contributed by atoms with van der Waals surface area (Å²) in [6.45, 7) is 4.73. The Balaban J connectivity index is 0.00000312. The van der Waals surface area contributed by atoms with E-state index >= 15 is 0 Å². The van der Waals surface area contributed by atoms with Crippen LogP contribution in [-0.2, 0) is 13.0 Å². The van der Waals surface area contributed by atoms with Gasteiger partial charge in [0.25, 0.3) is 0 Å². The van der Waals surface area contributed by atoms with Gasteiger partial charge in [0.1, 0.15) is 12.4 Å². The van der Waals surface area contributed by atoms with Gasteiger partial charge >= 0.3 is 0 Å². The average molecular weight is 469 g/mol. The molecular weight excluding hydrogens is 445 g/mol. The van der Waals surface area contributed by atoms with E-state index in [1.165, 1.54) is 10.4 Å². The van der Waals surface area contributed by atoms with Crippen LogP contribution >= 0.6 is 35.3 Å². The van der Waals surface area contributed by atoms with Crippen molar-refractivity contribution in [3.8, 4) is 18.1 Å². The number of guanidine groups is 1. The van der Waals surface area contributed by atoms with Crippen molar-refractivity contribution in [2.75, 3.05) is 19.7 Å². The quantitative estimate of drug-likeness (QED) is 0.269. The molecule has 2 rings (SSSR count). The Morgan fingerprint density at radius 2 is 2.04 bits per heavy atom. The first-order chi connectivity index (χ1) is 11.8. The zero-order valence-electron chi connectivity index (χ0n) is 14.3. The molecule has 0 saturated carbocycles. The molecule has 0 saturated heterocycles. The fourth-order valence-electron chi connectivity index (χ4n) is 2.10. The summed E-state index contributed by atoms with van der Waals surface area (Å²) in [4.78, 5) is 5.86. The summed E-state index contributed by atoms with van der Waals surface area (Å²) in [6, 6.07) is 12.2. The molecule has 1 aromatic carbocycles. The highest BCUT2D eigenvalue weighted by atomic mass is 127. The normalized spacial score (nSPS) is 10.5. The van der Waals surface area contributed by atoms with Crippen LogP contribution in [0.4, 0.5) is 0 Å². The second kappa shape index (κ2) is 12.6. The lowest BCUT2D eigenvalue weighted by atomic mass is 10.1. The number of hydrogen-bond acceptors (Lipinski definition) is 3. The van der Waals surface area contributed by atoms with Gasteiger partial charge in [0, 0.05) is 18.0 Å². The first kappa shape index (κ1) is 21.3. The van der Waals surface area contributed by atoms with Crippen molar-refractivity contribution < 1.29 is 4.74 Å². The monoisotopic (exact) mass is 469 g/mol. The summed E-state index contributed by atoms with van der Waals surface area (Å²) in [6.07, 6.45) is 6.10. The van der Waals surface area contributed by atoms with Gasteiger partial charge in [-0.15, -0.1) is 41.7 Å². The fourth-order valence-corrected chi connectivity index (χ4v) is 2.73.